The van der Waals surface area contributed by atoms with Crippen molar-refractivity contribution in [3.05, 3.63) is 47.8 Å². The third-order valence-electron chi connectivity index (χ3n) is 7.04. The quantitative estimate of drug-likeness (QED) is 0.784. The highest BCUT2D eigenvalue weighted by atomic mass is 35.5. The van der Waals surface area contributed by atoms with E-state index >= 15 is 0 Å². The molecule has 1 aromatic carbocycles. The second kappa shape index (κ2) is 8.90. The summed E-state index contributed by atoms with van der Waals surface area (Å²) >= 11 is 0. The summed E-state index contributed by atoms with van der Waals surface area (Å²) in [5.74, 6) is 0.132. The van der Waals surface area contributed by atoms with Crippen LogP contribution in [0, 0.1) is 0 Å². The van der Waals surface area contributed by atoms with Crippen molar-refractivity contribution in [2.75, 3.05) is 39.9 Å². The van der Waals surface area contributed by atoms with Crippen molar-refractivity contribution in [2.24, 2.45) is 0 Å². The molecule has 2 fully saturated rings. The molecule has 5 rings (SSSR count). The molecule has 0 aliphatic carbocycles. The number of amides is 1. The summed E-state index contributed by atoms with van der Waals surface area (Å²) in [7, 11) is 1.67. The normalized spacial score (nSPS) is 21.9. The Balaban J connectivity index is 0.00000231. The lowest BCUT2D eigenvalue weighted by Gasteiger charge is -2.46. The van der Waals surface area contributed by atoms with Gasteiger partial charge in [0.2, 0.25) is 0 Å². The van der Waals surface area contributed by atoms with Gasteiger partial charge in [-0.25, -0.2) is 4.68 Å². The van der Waals surface area contributed by atoms with Gasteiger partial charge < -0.3 is 19.7 Å². The van der Waals surface area contributed by atoms with E-state index in [1.165, 1.54) is 5.56 Å². The molecule has 4 heterocycles. The van der Waals surface area contributed by atoms with Crippen molar-refractivity contribution in [1.82, 2.24) is 20.0 Å². The number of methoxy groups -OCH3 is 1. The number of ether oxygens (including phenoxy) is 2. The minimum atomic E-state index is -0.677. The van der Waals surface area contributed by atoms with E-state index in [-0.39, 0.29) is 18.3 Å². The second-order valence-corrected chi connectivity index (χ2v) is 8.62. The van der Waals surface area contributed by atoms with E-state index in [2.05, 4.69) is 23.6 Å². The number of carbonyl (C=O) groups is 1. The van der Waals surface area contributed by atoms with Crippen LogP contribution in [0.1, 0.15) is 36.9 Å². The average Bonchev–Trinajstić information content (AvgIpc) is 3.26. The van der Waals surface area contributed by atoms with Crippen molar-refractivity contribution in [2.45, 2.75) is 43.3 Å². The summed E-state index contributed by atoms with van der Waals surface area (Å²) in [6.45, 7) is 3.70. The van der Waals surface area contributed by atoms with Crippen LogP contribution < -0.4 is 5.32 Å². The van der Waals surface area contributed by atoms with Crippen molar-refractivity contribution >= 4 is 18.3 Å². The summed E-state index contributed by atoms with van der Waals surface area (Å²) in [6, 6.07) is 10.2. The summed E-state index contributed by atoms with van der Waals surface area (Å²) in [6.07, 6.45) is 6.02. The summed E-state index contributed by atoms with van der Waals surface area (Å²) in [5, 5.41) is 8.27. The third kappa shape index (κ3) is 3.89. The Morgan fingerprint density at radius 1 is 1.13 bits per heavy atom. The highest BCUT2D eigenvalue weighted by Crippen LogP contribution is 2.41. The number of halogens is 1. The molecule has 7 nitrogen and oxygen atoms in total. The first-order valence-electron chi connectivity index (χ1n) is 11.0. The van der Waals surface area contributed by atoms with Crippen molar-refractivity contribution < 1.29 is 14.3 Å². The predicted octanol–water partition coefficient (Wildman–Crippen LogP) is 2.45. The topological polar surface area (TPSA) is 68.6 Å². The molecule has 8 heteroatoms. The number of benzene rings is 1. The van der Waals surface area contributed by atoms with Gasteiger partial charge in [0.25, 0.3) is 5.91 Å². The molecular formula is C23H31ClN4O3. The molecule has 3 aliphatic rings. The number of rotatable bonds is 3. The highest BCUT2D eigenvalue weighted by Gasteiger charge is 2.48. The lowest BCUT2D eigenvalue weighted by molar-refractivity contribution is -0.165. The Hall–Kier alpha value is -1.93. The first kappa shape index (κ1) is 22.3. The maximum absolute atomic E-state index is 13.3. The first-order valence-corrected chi connectivity index (χ1v) is 11.0. The number of nitrogens with zero attached hydrogens (tertiary/aromatic N) is 3. The number of aromatic nitrogens is 2. The number of fused-ring (bicyclic) bond motifs is 2. The molecule has 1 spiro atoms. The van der Waals surface area contributed by atoms with Crippen LogP contribution >= 0.6 is 12.4 Å². The second-order valence-electron chi connectivity index (χ2n) is 8.62. The average molecular weight is 447 g/mol. The van der Waals surface area contributed by atoms with Crippen molar-refractivity contribution in [3.63, 3.8) is 0 Å². The molecule has 2 saturated heterocycles. The lowest BCUT2D eigenvalue weighted by atomic mass is 9.82. The Morgan fingerprint density at radius 3 is 2.52 bits per heavy atom. The van der Waals surface area contributed by atoms with Crippen LogP contribution in [0.4, 0.5) is 0 Å². The number of hydrogen-bond donors (Lipinski definition) is 1. The number of piperidine rings is 2. The standard InChI is InChI=1S/C23H30N4O3.ClH/c1-29-23(8-12-24-13-9-23)21(28)26-14-10-22(11-15-26)20-18(7-16-30-22)17-27(25-20)19-5-3-2-4-6-19;/h2-6,17,24H,7-16H2,1H3;1H. The largest absolute Gasteiger partial charge is 0.368 e. The summed E-state index contributed by atoms with van der Waals surface area (Å²) < 4.78 is 14.1. The van der Waals surface area contributed by atoms with Crippen LogP contribution in [0.25, 0.3) is 5.69 Å². The van der Waals surface area contributed by atoms with Gasteiger partial charge in [-0.15, -0.1) is 12.4 Å². The van der Waals surface area contributed by atoms with Crippen LogP contribution in [0.2, 0.25) is 0 Å². The van der Waals surface area contributed by atoms with Crippen LogP contribution in [0.15, 0.2) is 36.5 Å². The first-order chi connectivity index (χ1) is 14.7. The number of carbonyl (C=O) groups excluding carboxylic acids is 1. The highest BCUT2D eigenvalue weighted by molar-refractivity contribution is 5.86. The van der Waals surface area contributed by atoms with Gasteiger partial charge in [-0.05, 0) is 62.9 Å². The van der Waals surface area contributed by atoms with Gasteiger partial charge >= 0.3 is 0 Å². The van der Waals surface area contributed by atoms with Gasteiger partial charge in [0.1, 0.15) is 11.2 Å². The molecule has 1 N–H and O–H groups in total. The van der Waals surface area contributed by atoms with E-state index in [1.54, 1.807) is 7.11 Å². The van der Waals surface area contributed by atoms with Gasteiger partial charge in [-0.1, -0.05) is 18.2 Å². The number of likely N-dealkylation sites (tertiary alicyclic amines) is 1. The minimum absolute atomic E-state index is 0. The number of para-hydroxylation sites is 1. The fraction of sp³-hybridized carbons (Fsp3) is 0.565. The maximum Gasteiger partial charge on any atom is 0.254 e. The van der Waals surface area contributed by atoms with Gasteiger partial charge in [0.05, 0.1) is 18.0 Å². The van der Waals surface area contributed by atoms with Crippen LogP contribution in [0.3, 0.4) is 0 Å². The monoisotopic (exact) mass is 446 g/mol. The Bertz CT molecular complexity index is 903. The zero-order valence-electron chi connectivity index (χ0n) is 18.0. The Morgan fingerprint density at radius 2 is 1.84 bits per heavy atom. The molecule has 2 aromatic rings. The fourth-order valence-electron chi connectivity index (χ4n) is 5.19. The molecule has 1 amide bonds. The van der Waals surface area contributed by atoms with Crippen LogP contribution in [0.5, 0.6) is 0 Å². The third-order valence-corrected chi connectivity index (χ3v) is 7.04. The van der Waals surface area contributed by atoms with Gasteiger partial charge in [-0.2, -0.15) is 5.10 Å². The van der Waals surface area contributed by atoms with E-state index in [0.29, 0.717) is 19.7 Å². The Kier molecular flexibility index (Phi) is 6.40. The minimum Gasteiger partial charge on any atom is -0.368 e. The SMILES string of the molecule is COC1(C(=O)N2CCC3(CC2)OCCc2cn(-c4ccccc4)nc23)CCNCC1.Cl. The van der Waals surface area contributed by atoms with Gasteiger partial charge in [0, 0.05) is 26.4 Å². The van der Waals surface area contributed by atoms with Gasteiger partial charge in [-0.3, -0.25) is 4.79 Å². The van der Waals surface area contributed by atoms with Crippen molar-refractivity contribution in [1.29, 1.82) is 0 Å². The molecule has 1 aromatic heterocycles. The number of hydrogen-bond acceptors (Lipinski definition) is 5. The van der Waals surface area contributed by atoms with E-state index in [0.717, 1.165) is 56.6 Å². The molecule has 0 saturated carbocycles. The molecule has 168 valence electrons. The zero-order chi connectivity index (χ0) is 20.6. The van der Waals surface area contributed by atoms with E-state index in [1.807, 2.05) is 27.8 Å². The number of nitrogens with one attached hydrogen (secondary N) is 1. The molecule has 0 radical (unpaired) electrons. The molecule has 0 unspecified atom stereocenters. The summed E-state index contributed by atoms with van der Waals surface area (Å²) in [5.41, 5.74) is 2.30. The fourth-order valence-corrected chi connectivity index (χ4v) is 5.19. The van der Waals surface area contributed by atoms with Gasteiger partial charge in [0.15, 0.2) is 0 Å². The van der Waals surface area contributed by atoms with Crippen molar-refractivity contribution in [3.8, 4) is 5.69 Å². The molecule has 0 atom stereocenters. The molecule has 0 bridgehead atoms. The smallest absolute Gasteiger partial charge is 0.254 e. The lowest BCUT2D eigenvalue weighted by Crippen LogP contribution is -2.58. The molecular weight excluding hydrogens is 416 g/mol. The van der Waals surface area contributed by atoms with E-state index in [4.69, 9.17) is 14.6 Å². The summed E-state index contributed by atoms with van der Waals surface area (Å²) in [4.78, 5) is 15.3. The molecule has 3 aliphatic heterocycles. The van der Waals surface area contributed by atoms with Crippen LogP contribution in [-0.2, 0) is 26.3 Å². The predicted molar refractivity (Wildman–Crippen MR) is 120 cm³/mol. The van der Waals surface area contributed by atoms with Crippen LogP contribution in [-0.4, -0.2) is 66.1 Å². The van der Waals surface area contributed by atoms with E-state index < -0.39 is 11.2 Å². The Labute approximate surface area is 189 Å². The maximum atomic E-state index is 13.3. The zero-order valence-corrected chi connectivity index (χ0v) is 18.8. The molecule has 31 heavy (non-hydrogen) atoms. The van der Waals surface area contributed by atoms with E-state index in [9.17, 15) is 4.79 Å².